The van der Waals surface area contributed by atoms with Crippen LogP contribution in [0.3, 0.4) is 0 Å². The van der Waals surface area contributed by atoms with E-state index in [9.17, 15) is 21.6 Å². The second-order valence-electron chi connectivity index (χ2n) is 7.58. The first-order valence-electron chi connectivity index (χ1n) is 10.1. The van der Waals surface area contributed by atoms with Gasteiger partial charge in [0.1, 0.15) is 11.6 Å². The van der Waals surface area contributed by atoms with Crippen molar-refractivity contribution in [1.82, 2.24) is 14.3 Å². The van der Waals surface area contributed by atoms with Gasteiger partial charge in [0.2, 0.25) is 10.0 Å². The number of nitrogens with two attached hydrogens (primary N) is 1. The maximum Gasteiger partial charge on any atom is 0.416 e. The zero-order chi connectivity index (χ0) is 23.7. The summed E-state index contributed by atoms with van der Waals surface area (Å²) in [7, 11) is -3.57. The van der Waals surface area contributed by atoms with Crippen molar-refractivity contribution in [1.29, 1.82) is 0 Å². The summed E-state index contributed by atoms with van der Waals surface area (Å²) in [4.78, 5) is 8.73. The highest BCUT2D eigenvalue weighted by atomic mass is 32.2. The summed E-state index contributed by atoms with van der Waals surface area (Å²) >= 11 is 0. The number of ether oxygens (including phenoxy) is 1. The molecule has 1 aromatic heterocycles. The van der Waals surface area contributed by atoms with Crippen molar-refractivity contribution in [2.45, 2.75) is 46.1 Å². The molecule has 1 aliphatic rings. The molecule has 2 aromatic rings. The number of fused-ring (bicyclic) bond motifs is 1. The van der Waals surface area contributed by atoms with E-state index in [1.165, 1.54) is 10.4 Å². The van der Waals surface area contributed by atoms with E-state index >= 15 is 0 Å². The van der Waals surface area contributed by atoms with Gasteiger partial charge in [-0.25, -0.2) is 18.4 Å². The maximum atomic E-state index is 13.2. The quantitative estimate of drug-likeness (QED) is 0.447. The molecule has 0 bridgehead atoms. The third-order valence-corrected chi connectivity index (χ3v) is 6.83. The number of hydrogen-bond acceptors (Lipinski definition) is 7. The number of hydrogen-bond donors (Lipinski definition) is 2. The number of nitrogens with one attached hydrogen (secondary N) is 1. The van der Waals surface area contributed by atoms with Gasteiger partial charge in [-0.2, -0.15) is 17.5 Å². The van der Waals surface area contributed by atoms with Crippen molar-refractivity contribution < 1.29 is 26.3 Å². The Kier molecular flexibility index (Phi) is 6.96. The van der Waals surface area contributed by atoms with Crippen molar-refractivity contribution in [2.24, 2.45) is 0 Å². The lowest BCUT2D eigenvalue weighted by Crippen LogP contribution is -2.30. The fourth-order valence-corrected chi connectivity index (χ4v) is 4.71. The summed E-state index contributed by atoms with van der Waals surface area (Å²) in [6.07, 6.45) is -4.52. The van der Waals surface area contributed by atoms with Crippen LogP contribution in [-0.2, 0) is 34.0 Å². The molecule has 1 aliphatic heterocycles. The van der Waals surface area contributed by atoms with Crippen LogP contribution in [0.4, 0.5) is 24.7 Å². The van der Waals surface area contributed by atoms with Gasteiger partial charge in [-0.3, -0.25) is 0 Å². The van der Waals surface area contributed by atoms with Crippen LogP contribution in [0.1, 0.15) is 48.1 Å². The van der Waals surface area contributed by atoms with Crippen molar-refractivity contribution in [3.05, 3.63) is 46.4 Å². The summed E-state index contributed by atoms with van der Waals surface area (Å²) < 4.78 is 71.3. The van der Waals surface area contributed by atoms with Crippen molar-refractivity contribution in [2.75, 3.05) is 30.0 Å². The molecule has 1 atom stereocenters. The number of benzene rings is 1. The van der Waals surface area contributed by atoms with Crippen LogP contribution in [0.2, 0.25) is 0 Å². The first-order chi connectivity index (χ1) is 14.9. The Morgan fingerprint density at radius 2 is 1.97 bits per heavy atom. The molecule has 12 heteroatoms. The van der Waals surface area contributed by atoms with E-state index in [-0.39, 0.29) is 31.1 Å². The molecule has 2 heterocycles. The van der Waals surface area contributed by atoms with Gasteiger partial charge >= 0.3 is 6.18 Å². The van der Waals surface area contributed by atoms with E-state index < -0.39 is 27.8 Å². The number of aromatic nitrogens is 2. The number of rotatable bonds is 8. The van der Waals surface area contributed by atoms with Crippen LogP contribution in [0, 0.1) is 6.92 Å². The topological polar surface area (TPSA) is 110 Å². The van der Waals surface area contributed by atoms with E-state index in [0.717, 1.165) is 12.1 Å². The lowest BCUT2D eigenvalue weighted by atomic mass is 10.0. The molecule has 0 unspecified atom stereocenters. The monoisotopic (exact) mass is 473 g/mol. The van der Waals surface area contributed by atoms with E-state index in [2.05, 4.69) is 15.3 Å². The highest BCUT2D eigenvalue weighted by Crippen LogP contribution is 2.35. The number of nitrogen functional groups attached to an aromatic ring is 1. The van der Waals surface area contributed by atoms with Crippen LogP contribution in [0.15, 0.2) is 18.2 Å². The summed E-state index contributed by atoms with van der Waals surface area (Å²) in [5.41, 5.74) is 6.34. The summed E-state index contributed by atoms with van der Waals surface area (Å²) in [6, 6.07) is 2.81. The zero-order valence-electron chi connectivity index (χ0n) is 18.0. The Morgan fingerprint density at radius 3 is 2.62 bits per heavy atom. The van der Waals surface area contributed by atoms with Crippen LogP contribution in [0.5, 0.6) is 0 Å². The molecule has 3 rings (SSSR count). The molecular formula is C20H26F3N5O3S. The number of nitrogens with zero attached hydrogens (tertiary/aromatic N) is 3. The minimum absolute atomic E-state index is 0.000798. The van der Waals surface area contributed by atoms with E-state index in [1.807, 2.05) is 0 Å². The van der Waals surface area contributed by atoms with Crippen molar-refractivity contribution in [3.8, 4) is 0 Å². The van der Waals surface area contributed by atoms with Gasteiger partial charge in [-0.05, 0) is 44.5 Å². The maximum absolute atomic E-state index is 13.2. The van der Waals surface area contributed by atoms with Gasteiger partial charge in [-0.1, -0.05) is 0 Å². The van der Waals surface area contributed by atoms with Gasteiger partial charge in [0.05, 0.1) is 36.2 Å². The Morgan fingerprint density at radius 1 is 1.25 bits per heavy atom. The average molecular weight is 474 g/mol. The first kappa shape index (κ1) is 24.2. The Balaban J connectivity index is 1.85. The summed E-state index contributed by atoms with van der Waals surface area (Å²) in [5.74, 6) is 0.665. The predicted octanol–water partition coefficient (Wildman–Crippen LogP) is 3.24. The molecule has 176 valence electrons. The lowest BCUT2D eigenvalue weighted by molar-refractivity contribution is -0.137. The second kappa shape index (κ2) is 9.20. The molecule has 0 spiro atoms. The van der Waals surface area contributed by atoms with Crippen molar-refractivity contribution >= 4 is 21.5 Å². The molecule has 0 fully saturated rings. The van der Waals surface area contributed by atoms with Gasteiger partial charge in [0, 0.05) is 24.4 Å². The van der Waals surface area contributed by atoms with Crippen molar-refractivity contribution in [3.63, 3.8) is 0 Å². The third kappa shape index (κ3) is 5.48. The number of aryl methyl sites for hydroxylation is 1. The van der Waals surface area contributed by atoms with Gasteiger partial charge < -0.3 is 15.8 Å². The van der Waals surface area contributed by atoms with Crippen LogP contribution in [-0.4, -0.2) is 41.7 Å². The molecule has 0 saturated carbocycles. The van der Waals surface area contributed by atoms with E-state index in [0.29, 0.717) is 35.1 Å². The van der Waals surface area contributed by atoms with E-state index in [1.54, 1.807) is 20.8 Å². The fourth-order valence-electron chi connectivity index (χ4n) is 3.48. The SMILES string of the molecule is CCOCCS(=O)(=O)N1Cc2nc(C)nc(N[C@H](C)c3cc(N)cc(C(F)(F)F)c3)c2C1. The van der Waals surface area contributed by atoms with Crippen LogP contribution >= 0.6 is 0 Å². The van der Waals surface area contributed by atoms with Gasteiger partial charge in [0.15, 0.2) is 0 Å². The normalized spacial score (nSPS) is 15.6. The smallest absolute Gasteiger partial charge is 0.399 e. The second-order valence-corrected chi connectivity index (χ2v) is 9.67. The third-order valence-electron chi connectivity index (χ3n) is 5.11. The van der Waals surface area contributed by atoms with Crippen LogP contribution in [0.25, 0.3) is 0 Å². The van der Waals surface area contributed by atoms with Gasteiger partial charge in [0.25, 0.3) is 0 Å². The molecule has 0 saturated heterocycles. The molecule has 3 N–H and O–H groups in total. The number of anilines is 2. The first-order valence-corrected chi connectivity index (χ1v) is 11.7. The Bertz CT molecular complexity index is 1090. The van der Waals surface area contributed by atoms with Gasteiger partial charge in [-0.15, -0.1) is 0 Å². The zero-order valence-corrected chi connectivity index (χ0v) is 18.8. The van der Waals surface area contributed by atoms with E-state index in [4.69, 9.17) is 10.5 Å². The molecule has 0 amide bonds. The molecular weight excluding hydrogens is 447 g/mol. The lowest BCUT2D eigenvalue weighted by Gasteiger charge is -2.19. The van der Waals surface area contributed by atoms with Crippen LogP contribution < -0.4 is 11.1 Å². The molecule has 8 nitrogen and oxygen atoms in total. The standard InChI is InChI=1S/C20H26F3N5O3S/c1-4-31-5-6-32(29,30)28-10-17-18(11-28)26-13(3)27-19(17)25-12(2)14-7-15(20(21,22)23)9-16(24)8-14/h7-9,12H,4-6,10-11,24H2,1-3H3,(H,25,26,27)/t12-/m1/s1. The largest absolute Gasteiger partial charge is 0.416 e. The summed E-state index contributed by atoms with van der Waals surface area (Å²) in [6.45, 7) is 5.83. The number of alkyl halides is 3. The molecule has 0 radical (unpaired) electrons. The minimum Gasteiger partial charge on any atom is -0.399 e. The summed E-state index contributed by atoms with van der Waals surface area (Å²) in [5, 5.41) is 3.11. The number of halogens is 3. The predicted molar refractivity (Wildman–Crippen MR) is 114 cm³/mol. The Labute approximate surface area is 185 Å². The highest BCUT2D eigenvalue weighted by molar-refractivity contribution is 7.89. The fraction of sp³-hybridized carbons (Fsp3) is 0.500. The highest BCUT2D eigenvalue weighted by Gasteiger charge is 2.34. The number of sulfonamides is 1. The molecule has 32 heavy (non-hydrogen) atoms. The molecule has 0 aliphatic carbocycles. The Hall–Kier alpha value is -2.44. The average Bonchev–Trinajstić information content (AvgIpc) is 3.12. The minimum atomic E-state index is -4.52. The molecule has 1 aromatic carbocycles.